The maximum Gasteiger partial charge on any atom is 0.373 e. The molecule has 0 spiro atoms. The largest absolute Gasteiger partial charge is 0.468 e. The number of hydrogen-bond acceptors (Lipinski definition) is 18. The minimum Gasteiger partial charge on any atom is -0.468 e. The van der Waals surface area contributed by atoms with Crippen molar-refractivity contribution in [1.29, 1.82) is 0 Å². The van der Waals surface area contributed by atoms with Crippen molar-refractivity contribution < 1.29 is 48.4 Å². The van der Waals surface area contributed by atoms with E-state index in [1.54, 1.807) is 0 Å². The Balaban J connectivity index is 0. The normalized spacial score (nSPS) is 10.8. The maximum atomic E-state index is 11.8. The van der Waals surface area contributed by atoms with Crippen LogP contribution in [-0.4, -0.2) is 91.7 Å². The van der Waals surface area contributed by atoms with E-state index in [2.05, 4.69) is 34.7 Å². The van der Waals surface area contributed by atoms with Crippen molar-refractivity contribution in [3.63, 3.8) is 0 Å². The van der Waals surface area contributed by atoms with Crippen LogP contribution < -0.4 is 11.1 Å². The fraction of sp³-hybridized carbons (Fsp3) is 0.478. The van der Waals surface area contributed by atoms with Crippen LogP contribution in [-0.2, 0) is 33.4 Å². The topological polar surface area (TPSA) is 300 Å². The van der Waals surface area contributed by atoms with Crippen molar-refractivity contribution in [3.05, 3.63) is 47.3 Å². The average molecular weight is 716 g/mol. The van der Waals surface area contributed by atoms with E-state index in [1.807, 2.05) is 6.92 Å². The summed E-state index contributed by atoms with van der Waals surface area (Å²) in [6, 6.07) is -1.51. The van der Waals surface area contributed by atoms with Crippen molar-refractivity contribution in [2.45, 2.75) is 52.1 Å². The zero-order chi connectivity index (χ0) is 36.1. The van der Waals surface area contributed by atoms with Crippen LogP contribution in [0.2, 0.25) is 15.7 Å². The van der Waals surface area contributed by atoms with Crippen LogP contribution >= 0.6 is 34.8 Å². The molecule has 20 nitrogen and oxygen atoms in total. The highest BCUT2D eigenvalue weighted by Crippen LogP contribution is 2.28. The van der Waals surface area contributed by atoms with Gasteiger partial charge in [-0.1, -0.05) is 18.5 Å². The van der Waals surface area contributed by atoms with Crippen LogP contribution in [0.15, 0.2) is 0 Å². The number of nitrogens with two attached hydrogens (primary N) is 1. The van der Waals surface area contributed by atoms with E-state index >= 15 is 0 Å². The van der Waals surface area contributed by atoms with Crippen LogP contribution in [0.25, 0.3) is 0 Å². The number of hydrogen-bond donors (Lipinski definition) is 3. The monoisotopic (exact) mass is 714 g/mol. The Morgan fingerprint density at radius 2 is 1.39 bits per heavy atom. The molecule has 4 N–H and O–H groups in total. The first kappa shape index (κ1) is 43.7. The molecule has 1 unspecified atom stereocenters. The molecule has 2 heterocycles. The fourth-order valence-corrected chi connectivity index (χ4v) is 3.57. The Bertz CT molecular complexity index is 1390. The highest BCUT2D eigenvalue weighted by Gasteiger charge is 2.28. The molecule has 0 fully saturated rings. The Hall–Kier alpha value is -4.46. The van der Waals surface area contributed by atoms with E-state index < -0.39 is 46.0 Å². The lowest BCUT2D eigenvalue weighted by Crippen LogP contribution is -2.32. The molecule has 0 aliphatic rings. The third-order valence-electron chi connectivity index (χ3n) is 5.01. The van der Waals surface area contributed by atoms with E-state index in [0.717, 1.165) is 7.11 Å². The third-order valence-corrected chi connectivity index (χ3v) is 5.61. The zero-order valence-corrected chi connectivity index (χ0v) is 27.1. The fourth-order valence-electron chi connectivity index (χ4n) is 2.82. The summed E-state index contributed by atoms with van der Waals surface area (Å²) in [5.74, 6) is -1.81. The lowest BCUT2D eigenvalue weighted by Gasteiger charge is -2.16. The molecule has 0 bridgehead atoms. The Kier molecular flexibility index (Phi) is 21.8. The smallest absolute Gasteiger partial charge is 0.373 e. The summed E-state index contributed by atoms with van der Waals surface area (Å²) in [4.78, 5) is 84.1. The number of Topliss-reactive ketones (excluding diaryl/α,β-unsaturated/α-hetero) is 1. The summed E-state index contributed by atoms with van der Waals surface area (Å²) >= 11 is 16.5. The second-order valence-corrected chi connectivity index (χ2v) is 9.12. The van der Waals surface area contributed by atoms with Crippen molar-refractivity contribution in [3.8, 4) is 0 Å². The second kappa shape index (κ2) is 23.0. The van der Waals surface area contributed by atoms with Crippen LogP contribution in [0.1, 0.15) is 37.6 Å². The SMILES string of the molecule is CC[C@H](N)C(=O)OC.COC(=O)C(CCC(=O)CO)Nc1nc(Cl)nc(C)c1[N+](=O)[O-].Cc1nc(Cl)nc(Cl)c1[N+](=O)[O-].O=C=O. The molecule has 0 saturated carbocycles. The molecule has 2 atom stereocenters. The molecule has 46 heavy (non-hydrogen) atoms. The predicted molar refractivity (Wildman–Crippen MR) is 158 cm³/mol. The molecular formula is C23H29Cl3N8O12. The van der Waals surface area contributed by atoms with Crippen molar-refractivity contribution >= 4 is 75.9 Å². The molecule has 254 valence electrons. The first-order valence-electron chi connectivity index (χ1n) is 12.3. The Labute approximate surface area is 275 Å². The van der Waals surface area contributed by atoms with Gasteiger partial charge in [0.1, 0.15) is 30.1 Å². The number of esters is 2. The van der Waals surface area contributed by atoms with E-state index in [9.17, 15) is 34.6 Å². The lowest BCUT2D eigenvalue weighted by molar-refractivity contribution is -0.385. The first-order valence-corrected chi connectivity index (χ1v) is 13.4. The van der Waals surface area contributed by atoms with Gasteiger partial charge in [-0.3, -0.25) is 29.8 Å². The van der Waals surface area contributed by atoms with Gasteiger partial charge in [0.15, 0.2) is 5.78 Å². The zero-order valence-electron chi connectivity index (χ0n) is 24.8. The quantitative estimate of drug-likeness (QED) is 0.0984. The number of halogens is 3. The molecule has 0 aliphatic heterocycles. The molecule has 0 amide bonds. The number of methoxy groups -OCH3 is 2. The number of ether oxygens (including phenoxy) is 2. The number of nitrogens with one attached hydrogen (secondary N) is 1. The third kappa shape index (κ3) is 16.0. The van der Waals surface area contributed by atoms with Gasteiger partial charge in [0.2, 0.25) is 21.5 Å². The second-order valence-electron chi connectivity index (χ2n) is 8.08. The number of rotatable bonds is 11. The van der Waals surface area contributed by atoms with Gasteiger partial charge in [0.05, 0.1) is 24.1 Å². The van der Waals surface area contributed by atoms with Crippen molar-refractivity contribution in [2.24, 2.45) is 5.73 Å². The number of carbonyl (C=O) groups excluding carboxylic acids is 5. The van der Waals surface area contributed by atoms with E-state index in [-0.39, 0.29) is 63.6 Å². The highest BCUT2D eigenvalue weighted by atomic mass is 35.5. The number of aliphatic hydroxyl groups excluding tert-OH is 1. The number of aryl methyl sites for hydroxylation is 2. The van der Waals surface area contributed by atoms with Gasteiger partial charge in [-0.2, -0.15) is 19.6 Å². The minimum absolute atomic E-state index is 0.0209. The van der Waals surface area contributed by atoms with E-state index in [1.165, 1.54) is 21.0 Å². The molecular weight excluding hydrogens is 687 g/mol. The van der Waals surface area contributed by atoms with Crippen LogP contribution in [0.4, 0.5) is 17.2 Å². The molecule has 0 saturated heterocycles. The average Bonchev–Trinajstić information content (AvgIpc) is 2.97. The molecule has 2 rings (SSSR count). The minimum atomic E-state index is -1.07. The van der Waals surface area contributed by atoms with E-state index in [4.69, 9.17) is 55.2 Å². The van der Waals surface area contributed by atoms with Gasteiger partial charge < -0.3 is 25.6 Å². The van der Waals surface area contributed by atoms with Gasteiger partial charge in [-0.15, -0.1) is 0 Å². The molecule has 2 aromatic rings. The number of aromatic nitrogens is 4. The molecule has 0 radical (unpaired) electrons. The summed E-state index contributed by atoms with van der Waals surface area (Å²) in [5.41, 5.74) is 4.69. The van der Waals surface area contributed by atoms with Crippen molar-refractivity contribution in [2.75, 3.05) is 26.1 Å². The molecule has 0 aromatic carbocycles. The first-order chi connectivity index (χ1) is 21.4. The predicted octanol–water partition coefficient (Wildman–Crippen LogP) is 1.95. The summed E-state index contributed by atoms with van der Waals surface area (Å²) in [6.45, 7) is 3.99. The van der Waals surface area contributed by atoms with Crippen LogP contribution in [0, 0.1) is 34.1 Å². The number of nitro groups is 2. The standard InChI is InChI=1S/C12H15ClN4O6.C5H3Cl2N3O2.C5H11NO2.CO2/c1-6-9(17(21)22)10(16-12(13)14-6)15-8(11(20)23-2)4-3-7(19)5-18;1-2-3(10(11)12)4(6)9-5(7)8-2;1-3-4(6)5(7)8-2;2-1-3/h8,18H,3-5H2,1-2H3,(H,14,15,16);1H3;4H,3,6H2,1-2H3;/t;;4-;/m..0./s1. The number of nitrogens with zero attached hydrogens (tertiary/aromatic N) is 6. The van der Waals surface area contributed by atoms with E-state index in [0.29, 0.717) is 6.42 Å². The maximum absolute atomic E-state index is 11.8. The molecule has 2 aromatic heterocycles. The highest BCUT2D eigenvalue weighted by molar-refractivity contribution is 6.33. The van der Waals surface area contributed by atoms with Crippen LogP contribution in [0.3, 0.4) is 0 Å². The number of ketones is 1. The number of aliphatic hydroxyl groups is 1. The van der Waals surface area contributed by atoms with Gasteiger partial charge in [-0.05, 0) is 49.9 Å². The molecule has 0 aliphatic carbocycles. The van der Waals surface area contributed by atoms with Gasteiger partial charge >= 0.3 is 29.5 Å². The van der Waals surface area contributed by atoms with Gasteiger partial charge in [-0.25, -0.2) is 14.8 Å². The number of carbonyl (C=O) groups is 3. The number of anilines is 1. The van der Waals surface area contributed by atoms with Gasteiger partial charge in [0, 0.05) is 6.42 Å². The Morgan fingerprint density at radius 1 is 0.935 bits per heavy atom. The van der Waals surface area contributed by atoms with Crippen LogP contribution in [0.5, 0.6) is 0 Å². The summed E-state index contributed by atoms with van der Waals surface area (Å²) < 4.78 is 8.93. The summed E-state index contributed by atoms with van der Waals surface area (Å²) in [7, 11) is 2.47. The lowest BCUT2D eigenvalue weighted by atomic mass is 10.1. The van der Waals surface area contributed by atoms with Gasteiger partial charge in [0.25, 0.3) is 0 Å². The van der Waals surface area contributed by atoms with Crippen molar-refractivity contribution in [1.82, 2.24) is 19.9 Å². The Morgan fingerprint density at radius 3 is 1.76 bits per heavy atom. The molecule has 23 heteroatoms. The summed E-state index contributed by atoms with van der Waals surface area (Å²) in [6.07, 6.45) is 0.728. The summed E-state index contributed by atoms with van der Waals surface area (Å²) in [5, 5.41) is 32.2.